The third-order valence-corrected chi connectivity index (χ3v) is 2.49. The number of rotatable bonds is 2. The van der Waals surface area contributed by atoms with E-state index < -0.39 is 0 Å². The summed E-state index contributed by atoms with van der Waals surface area (Å²) in [5, 5.41) is 2.63. The van der Waals surface area contributed by atoms with E-state index in [0.29, 0.717) is 11.4 Å². The molecular formula is C13H12FNO2. The minimum Gasteiger partial charge on any atom is -0.456 e. The van der Waals surface area contributed by atoms with E-state index in [2.05, 4.69) is 5.32 Å². The molecule has 4 heteroatoms. The maximum atomic E-state index is 12.7. The van der Waals surface area contributed by atoms with Gasteiger partial charge in [0.25, 0.3) is 5.91 Å². The maximum absolute atomic E-state index is 12.7. The highest BCUT2D eigenvalue weighted by Crippen LogP contribution is 2.15. The first-order valence-electron chi connectivity index (χ1n) is 5.20. The molecule has 0 radical (unpaired) electrons. The molecule has 1 N–H and O–H groups in total. The van der Waals surface area contributed by atoms with Crippen molar-refractivity contribution in [2.24, 2.45) is 0 Å². The second-order valence-corrected chi connectivity index (χ2v) is 3.81. The van der Waals surface area contributed by atoms with Gasteiger partial charge in [-0.1, -0.05) is 0 Å². The predicted octanol–water partition coefficient (Wildman–Crippen LogP) is 3.29. The van der Waals surface area contributed by atoms with E-state index >= 15 is 0 Å². The smallest absolute Gasteiger partial charge is 0.291 e. The lowest BCUT2D eigenvalue weighted by molar-refractivity contribution is 0.0995. The second kappa shape index (κ2) is 4.41. The summed E-state index contributed by atoms with van der Waals surface area (Å²) in [4.78, 5) is 11.8. The molecule has 0 spiro atoms. The Balaban J connectivity index is 2.14. The van der Waals surface area contributed by atoms with Gasteiger partial charge in [0, 0.05) is 5.69 Å². The minimum atomic E-state index is -0.340. The van der Waals surface area contributed by atoms with Crippen molar-refractivity contribution in [3.8, 4) is 0 Å². The molecular weight excluding hydrogens is 221 g/mol. The first kappa shape index (κ1) is 11.4. The number of amides is 1. The molecule has 0 aliphatic carbocycles. The number of carbonyl (C=O) groups excluding carboxylic acids is 1. The van der Waals surface area contributed by atoms with Gasteiger partial charge in [-0.15, -0.1) is 0 Å². The zero-order valence-electron chi connectivity index (χ0n) is 9.58. The molecule has 0 saturated carbocycles. The Morgan fingerprint density at radius 1 is 1.24 bits per heavy atom. The van der Waals surface area contributed by atoms with Crippen LogP contribution in [0.3, 0.4) is 0 Å². The molecule has 1 aromatic carbocycles. The molecule has 0 saturated heterocycles. The molecule has 17 heavy (non-hydrogen) atoms. The van der Waals surface area contributed by atoms with Crippen LogP contribution in [0.4, 0.5) is 10.1 Å². The van der Waals surface area contributed by atoms with Crippen molar-refractivity contribution in [1.82, 2.24) is 0 Å². The number of halogens is 1. The number of aryl methyl sites for hydroxylation is 2. The Hall–Kier alpha value is -2.10. The summed E-state index contributed by atoms with van der Waals surface area (Å²) >= 11 is 0. The molecule has 0 atom stereocenters. The van der Waals surface area contributed by atoms with Crippen molar-refractivity contribution in [2.75, 3.05) is 5.32 Å². The number of hydrogen-bond donors (Lipinski definition) is 1. The number of carbonyl (C=O) groups is 1. The number of benzene rings is 1. The van der Waals surface area contributed by atoms with Crippen LogP contribution in [-0.4, -0.2) is 5.91 Å². The topological polar surface area (TPSA) is 42.2 Å². The van der Waals surface area contributed by atoms with Gasteiger partial charge in [0.05, 0.1) is 0 Å². The molecule has 2 rings (SSSR count). The van der Waals surface area contributed by atoms with Crippen molar-refractivity contribution in [3.63, 3.8) is 0 Å². The first-order valence-corrected chi connectivity index (χ1v) is 5.20. The second-order valence-electron chi connectivity index (χ2n) is 3.81. The molecule has 1 amide bonds. The molecule has 0 unspecified atom stereocenters. The summed E-state index contributed by atoms with van der Waals surface area (Å²) in [6.45, 7) is 3.66. The van der Waals surface area contributed by atoms with Crippen molar-refractivity contribution < 1.29 is 13.6 Å². The quantitative estimate of drug-likeness (QED) is 0.864. The van der Waals surface area contributed by atoms with E-state index in [1.54, 1.807) is 13.0 Å². The van der Waals surface area contributed by atoms with Gasteiger partial charge >= 0.3 is 0 Å². The van der Waals surface area contributed by atoms with Gasteiger partial charge in [-0.2, -0.15) is 0 Å². The zero-order chi connectivity index (χ0) is 12.4. The van der Waals surface area contributed by atoms with Crippen molar-refractivity contribution in [3.05, 3.63) is 53.2 Å². The highest BCUT2D eigenvalue weighted by atomic mass is 19.1. The Bertz CT molecular complexity index is 524. The lowest BCUT2D eigenvalue weighted by Crippen LogP contribution is -2.10. The van der Waals surface area contributed by atoms with Crippen molar-refractivity contribution in [2.45, 2.75) is 13.8 Å². The molecule has 0 aliphatic heterocycles. The van der Waals surface area contributed by atoms with Gasteiger partial charge in [0.15, 0.2) is 5.76 Å². The number of nitrogens with one attached hydrogen (secondary N) is 1. The molecule has 1 heterocycles. The lowest BCUT2D eigenvalue weighted by Gasteiger charge is -2.02. The summed E-state index contributed by atoms with van der Waals surface area (Å²) in [7, 11) is 0. The van der Waals surface area contributed by atoms with Crippen molar-refractivity contribution >= 4 is 11.6 Å². The Morgan fingerprint density at radius 3 is 2.41 bits per heavy atom. The van der Waals surface area contributed by atoms with Crippen LogP contribution in [0.5, 0.6) is 0 Å². The van der Waals surface area contributed by atoms with Gasteiger partial charge in [-0.25, -0.2) is 4.39 Å². The fourth-order valence-corrected chi connectivity index (χ4v) is 1.41. The number of anilines is 1. The summed E-state index contributed by atoms with van der Waals surface area (Å²) in [5.74, 6) is 0.291. The van der Waals surface area contributed by atoms with Gasteiger partial charge in [0.2, 0.25) is 0 Å². The third kappa shape index (κ3) is 2.53. The van der Waals surface area contributed by atoms with E-state index in [1.165, 1.54) is 24.3 Å². The molecule has 0 bridgehead atoms. The average Bonchev–Trinajstić information content (AvgIpc) is 2.63. The Kier molecular flexibility index (Phi) is 2.95. The number of furan rings is 1. The zero-order valence-corrected chi connectivity index (χ0v) is 9.58. The summed E-state index contributed by atoms with van der Waals surface area (Å²) < 4.78 is 18.0. The fraction of sp³-hybridized carbons (Fsp3) is 0.154. The Labute approximate surface area is 98.3 Å². The summed E-state index contributed by atoms with van der Waals surface area (Å²) in [6, 6.07) is 7.24. The standard InChI is InChI=1S/C13H12FNO2/c1-8-7-12(17-9(8)2)13(16)15-11-5-3-10(14)4-6-11/h3-7H,1-2H3,(H,15,16). The lowest BCUT2D eigenvalue weighted by atomic mass is 10.2. The normalized spacial score (nSPS) is 10.3. The van der Waals surface area contributed by atoms with Crippen LogP contribution in [-0.2, 0) is 0 Å². The highest BCUT2D eigenvalue weighted by Gasteiger charge is 2.12. The van der Waals surface area contributed by atoms with Crippen molar-refractivity contribution in [1.29, 1.82) is 0 Å². The maximum Gasteiger partial charge on any atom is 0.291 e. The van der Waals surface area contributed by atoms with Crippen LogP contribution in [0.2, 0.25) is 0 Å². The van der Waals surface area contributed by atoms with Crippen LogP contribution in [0, 0.1) is 19.7 Å². The summed E-state index contributed by atoms with van der Waals surface area (Å²) in [5.41, 5.74) is 1.46. The van der Waals surface area contributed by atoms with Gasteiger partial charge < -0.3 is 9.73 Å². The van der Waals surface area contributed by atoms with Gasteiger partial charge in [0.1, 0.15) is 11.6 Å². The van der Waals surface area contributed by atoms with Crippen LogP contribution < -0.4 is 5.32 Å². The monoisotopic (exact) mass is 233 g/mol. The Morgan fingerprint density at radius 2 is 1.88 bits per heavy atom. The third-order valence-electron chi connectivity index (χ3n) is 2.49. The molecule has 0 fully saturated rings. The van der Waals surface area contributed by atoms with Crippen LogP contribution in [0.15, 0.2) is 34.7 Å². The SMILES string of the molecule is Cc1cc(C(=O)Nc2ccc(F)cc2)oc1C. The molecule has 1 aromatic heterocycles. The molecule has 3 nitrogen and oxygen atoms in total. The molecule has 0 aliphatic rings. The average molecular weight is 233 g/mol. The molecule has 88 valence electrons. The van der Waals surface area contributed by atoms with E-state index in [1.807, 2.05) is 6.92 Å². The minimum absolute atomic E-state index is 0.254. The molecule has 2 aromatic rings. The van der Waals surface area contributed by atoms with E-state index in [0.717, 1.165) is 5.56 Å². The highest BCUT2D eigenvalue weighted by molar-refractivity contribution is 6.02. The van der Waals surface area contributed by atoms with Gasteiger partial charge in [-0.3, -0.25) is 4.79 Å². The van der Waals surface area contributed by atoms with E-state index in [-0.39, 0.29) is 17.5 Å². The van der Waals surface area contributed by atoms with Crippen LogP contribution in [0.25, 0.3) is 0 Å². The largest absolute Gasteiger partial charge is 0.456 e. The fourth-order valence-electron chi connectivity index (χ4n) is 1.41. The number of hydrogen-bond acceptors (Lipinski definition) is 2. The first-order chi connectivity index (χ1) is 8.06. The summed E-state index contributed by atoms with van der Waals surface area (Å²) in [6.07, 6.45) is 0. The van der Waals surface area contributed by atoms with E-state index in [9.17, 15) is 9.18 Å². The van der Waals surface area contributed by atoms with Gasteiger partial charge in [-0.05, 0) is 49.7 Å². The van der Waals surface area contributed by atoms with Crippen LogP contribution >= 0.6 is 0 Å². The van der Waals surface area contributed by atoms with E-state index in [4.69, 9.17) is 4.42 Å². The van der Waals surface area contributed by atoms with Crippen LogP contribution in [0.1, 0.15) is 21.9 Å². The predicted molar refractivity (Wildman–Crippen MR) is 62.5 cm³/mol.